The molecule has 2 aromatic rings. The Kier molecular flexibility index (Phi) is 4.12. The van der Waals surface area contributed by atoms with Crippen LogP contribution in [0.25, 0.3) is 0 Å². The van der Waals surface area contributed by atoms with Crippen molar-refractivity contribution in [3.8, 4) is 5.75 Å². The Balaban J connectivity index is 1.64. The Morgan fingerprint density at radius 3 is 2.25 bits per heavy atom. The van der Waals surface area contributed by atoms with E-state index in [1.165, 1.54) is 19.1 Å². The number of imide groups is 1. The number of benzene rings is 2. The molecule has 0 bridgehead atoms. The molecule has 2 aromatic carbocycles. The van der Waals surface area contributed by atoms with Gasteiger partial charge in [-0.25, -0.2) is 4.39 Å². The van der Waals surface area contributed by atoms with E-state index in [9.17, 15) is 18.8 Å². The maximum absolute atomic E-state index is 13.7. The molecule has 122 valence electrons. The van der Waals surface area contributed by atoms with Crippen molar-refractivity contribution < 1.29 is 23.5 Å². The summed E-state index contributed by atoms with van der Waals surface area (Å²) in [5.41, 5.74) is 0.737. The summed E-state index contributed by atoms with van der Waals surface area (Å²) in [7, 11) is 0. The van der Waals surface area contributed by atoms with Crippen LogP contribution < -0.4 is 4.74 Å². The van der Waals surface area contributed by atoms with Gasteiger partial charge in [0.1, 0.15) is 18.2 Å². The number of carbonyl (C=O) groups excluding carboxylic acids is 3. The summed E-state index contributed by atoms with van der Waals surface area (Å²) in [6.45, 7) is 1.37. The second-order valence-corrected chi connectivity index (χ2v) is 5.35. The molecular formula is C18H14FNO4. The largest absolute Gasteiger partial charge is 0.492 e. The third-order valence-corrected chi connectivity index (χ3v) is 3.78. The second-order valence-electron chi connectivity index (χ2n) is 5.35. The zero-order valence-corrected chi connectivity index (χ0v) is 12.9. The quantitative estimate of drug-likeness (QED) is 0.626. The van der Waals surface area contributed by atoms with Crippen LogP contribution >= 0.6 is 0 Å². The molecule has 0 saturated carbocycles. The summed E-state index contributed by atoms with van der Waals surface area (Å²) >= 11 is 0. The van der Waals surface area contributed by atoms with Crippen LogP contribution in [0.2, 0.25) is 0 Å². The van der Waals surface area contributed by atoms with Crippen molar-refractivity contribution >= 4 is 17.6 Å². The van der Waals surface area contributed by atoms with Gasteiger partial charge in [-0.05, 0) is 31.2 Å². The molecule has 3 rings (SSSR count). The van der Waals surface area contributed by atoms with Crippen LogP contribution in [0.1, 0.15) is 38.0 Å². The number of amides is 2. The highest BCUT2D eigenvalue weighted by Gasteiger charge is 2.34. The predicted molar refractivity (Wildman–Crippen MR) is 83.7 cm³/mol. The Hall–Kier alpha value is -3.02. The molecular weight excluding hydrogens is 313 g/mol. The number of nitrogens with zero attached hydrogens (tertiary/aromatic N) is 1. The number of rotatable bonds is 5. The van der Waals surface area contributed by atoms with E-state index in [1.54, 1.807) is 24.3 Å². The lowest BCUT2D eigenvalue weighted by molar-refractivity contribution is 0.0630. The Morgan fingerprint density at radius 1 is 1.08 bits per heavy atom. The summed E-state index contributed by atoms with van der Waals surface area (Å²) in [6.07, 6.45) is 0. The highest BCUT2D eigenvalue weighted by molar-refractivity contribution is 6.21. The van der Waals surface area contributed by atoms with Gasteiger partial charge in [0.05, 0.1) is 23.2 Å². The Bertz CT molecular complexity index is 812. The number of Topliss-reactive ketones (excluding diaryl/α,β-unsaturated/α-hetero) is 1. The molecule has 1 aliphatic rings. The number of halogens is 1. The molecule has 0 saturated heterocycles. The zero-order chi connectivity index (χ0) is 17.3. The van der Waals surface area contributed by atoms with Gasteiger partial charge in [-0.3, -0.25) is 19.3 Å². The number of fused-ring (bicyclic) bond motifs is 1. The monoisotopic (exact) mass is 327 g/mol. The Morgan fingerprint density at radius 2 is 1.71 bits per heavy atom. The molecule has 0 aromatic heterocycles. The van der Waals surface area contributed by atoms with Gasteiger partial charge in [0.15, 0.2) is 5.78 Å². The number of hydrogen-bond acceptors (Lipinski definition) is 4. The molecule has 0 aliphatic carbocycles. The van der Waals surface area contributed by atoms with E-state index in [0.29, 0.717) is 11.1 Å². The standard InChI is InChI=1S/C18H14FNO4/c1-11(21)13-7-6-12(10-16(13)19)24-9-8-20-17(22)14-4-2-3-5-15(14)18(20)23/h2-7,10H,8-9H2,1H3. The average Bonchev–Trinajstić information content (AvgIpc) is 2.80. The van der Waals surface area contributed by atoms with Crippen molar-refractivity contribution in [2.24, 2.45) is 0 Å². The van der Waals surface area contributed by atoms with Crippen LogP contribution in [-0.2, 0) is 0 Å². The molecule has 1 aliphatic heterocycles. The third kappa shape index (κ3) is 2.78. The Labute approximate surface area is 137 Å². The normalized spacial score (nSPS) is 13.2. The molecule has 0 unspecified atom stereocenters. The smallest absolute Gasteiger partial charge is 0.261 e. The highest BCUT2D eigenvalue weighted by Crippen LogP contribution is 2.22. The number of ketones is 1. The van der Waals surface area contributed by atoms with Crippen molar-refractivity contribution in [2.75, 3.05) is 13.2 Å². The van der Waals surface area contributed by atoms with E-state index < -0.39 is 5.82 Å². The first-order valence-electron chi connectivity index (χ1n) is 7.37. The minimum atomic E-state index is -0.666. The number of carbonyl (C=O) groups is 3. The van der Waals surface area contributed by atoms with Crippen LogP contribution in [0.4, 0.5) is 4.39 Å². The van der Waals surface area contributed by atoms with Crippen molar-refractivity contribution in [3.63, 3.8) is 0 Å². The molecule has 0 radical (unpaired) electrons. The lowest BCUT2D eigenvalue weighted by Crippen LogP contribution is -2.33. The fraction of sp³-hybridized carbons (Fsp3) is 0.167. The van der Waals surface area contributed by atoms with E-state index in [2.05, 4.69) is 0 Å². The first kappa shape index (κ1) is 15.9. The van der Waals surface area contributed by atoms with Gasteiger partial charge >= 0.3 is 0 Å². The van der Waals surface area contributed by atoms with Gasteiger partial charge in [-0.2, -0.15) is 0 Å². The highest BCUT2D eigenvalue weighted by atomic mass is 19.1. The minimum Gasteiger partial charge on any atom is -0.492 e. The average molecular weight is 327 g/mol. The topological polar surface area (TPSA) is 63.7 Å². The van der Waals surface area contributed by atoms with Crippen molar-refractivity contribution in [2.45, 2.75) is 6.92 Å². The zero-order valence-electron chi connectivity index (χ0n) is 12.9. The lowest BCUT2D eigenvalue weighted by Gasteiger charge is -2.14. The van der Waals surface area contributed by atoms with E-state index in [-0.39, 0.29) is 42.1 Å². The van der Waals surface area contributed by atoms with Crippen molar-refractivity contribution in [1.82, 2.24) is 4.90 Å². The summed E-state index contributed by atoms with van der Waals surface area (Å²) in [5, 5.41) is 0. The maximum atomic E-state index is 13.7. The summed E-state index contributed by atoms with van der Waals surface area (Å²) in [4.78, 5) is 36.6. The summed E-state index contributed by atoms with van der Waals surface area (Å²) in [6, 6.07) is 10.5. The molecule has 0 spiro atoms. The van der Waals surface area contributed by atoms with Gasteiger partial charge in [-0.1, -0.05) is 12.1 Å². The predicted octanol–water partition coefficient (Wildman–Crippen LogP) is 2.70. The van der Waals surface area contributed by atoms with E-state index in [1.807, 2.05) is 0 Å². The molecule has 5 nitrogen and oxygen atoms in total. The molecule has 6 heteroatoms. The fourth-order valence-corrected chi connectivity index (χ4v) is 2.57. The van der Waals surface area contributed by atoms with Gasteiger partial charge < -0.3 is 4.74 Å². The third-order valence-electron chi connectivity index (χ3n) is 3.78. The van der Waals surface area contributed by atoms with Crippen molar-refractivity contribution in [3.05, 3.63) is 65.0 Å². The molecule has 2 amide bonds. The van der Waals surface area contributed by atoms with Gasteiger partial charge in [0.25, 0.3) is 11.8 Å². The summed E-state index contributed by atoms with van der Waals surface area (Å²) in [5.74, 6) is -1.53. The SMILES string of the molecule is CC(=O)c1ccc(OCCN2C(=O)c3ccccc3C2=O)cc1F. The molecule has 1 heterocycles. The van der Waals surface area contributed by atoms with Crippen molar-refractivity contribution in [1.29, 1.82) is 0 Å². The maximum Gasteiger partial charge on any atom is 0.261 e. The molecule has 0 fully saturated rings. The first-order chi connectivity index (χ1) is 11.5. The number of hydrogen-bond donors (Lipinski definition) is 0. The van der Waals surface area contributed by atoms with Crippen LogP contribution in [0.5, 0.6) is 5.75 Å². The van der Waals surface area contributed by atoms with Gasteiger partial charge in [-0.15, -0.1) is 0 Å². The molecule has 0 atom stereocenters. The van der Waals surface area contributed by atoms with Gasteiger partial charge in [0.2, 0.25) is 0 Å². The van der Waals surface area contributed by atoms with Crippen LogP contribution in [0.3, 0.4) is 0 Å². The molecule has 0 N–H and O–H groups in total. The summed E-state index contributed by atoms with van der Waals surface area (Å²) < 4.78 is 19.1. The fourth-order valence-electron chi connectivity index (χ4n) is 2.57. The van der Waals surface area contributed by atoms with Gasteiger partial charge in [0, 0.05) is 6.07 Å². The van der Waals surface area contributed by atoms with E-state index in [4.69, 9.17) is 4.74 Å². The van der Waals surface area contributed by atoms with Crippen LogP contribution in [0.15, 0.2) is 42.5 Å². The van der Waals surface area contributed by atoms with E-state index >= 15 is 0 Å². The second kappa shape index (κ2) is 6.23. The minimum absolute atomic E-state index is 0.0114. The first-order valence-corrected chi connectivity index (χ1v) is 7.37. The van der Waals surface area contributed by atoms with Crippen LogP contribution in [-0.4, -0.2) is 35.6 Å². The number of ether oxygens (including phenoxy) is 1. The lowest BCUT2D eigenvalue weighted by atomic mass is 10.1. The van der Waals surface area contributed by atoms with E-state index in [0.717, 1.165) is 11.0 Å². The molecule has 24 heavy (non-hydrogen) atoms. The van der Waals surface area contributed by atoms with Crippen LogP contribution in [0, 0.1) is 5.82 Å².